The number of carbonyl (C=O) groups is 3. The largest absolute Gasteiger partial charge is 0.356 e. The molecule has 4 rings (SSSR count). The summed E-state index contributed by atoms with van der Waals surface area (Å²) in [5.41, 5.74) is 2.43. The smallest absolute Gasteiger partial charge is 0.254 e. The Morgan fingerprint density at radius 1 is 1.00 bits per heavy atom. The zero-order chi connectivity index (χ0) is 22.6. The number of nitrogens with zero attached hydrogens (tertiary/aromatic N) is 2. The Kier molecular flexibility index (Phi) is 6.58. The van der Waals surface area contributed by atoms with Crippen LogP contribution in [0.4, 0.5) is 0 Å². The van der Waals surface area contributed by atoms with Gasteiger partial charge >= 0.3 is 0 Å². The Hall–Kier alpha value is -3.15. The molecule has 1 N–H and O–H groups in total. The van der Waals surface area contributed by atoms with E-state index in [9.17, 15) is 14.4 Å². The third kappa shape index (κ3) is 4.69. The average Bonchev–Trinajstić information content (AvgIpc) is 3.15. The zero-order valence-corrected chi connectivity index (χ0v) is 18.7. The van der Waals surface area contributed by atoms with Crippen molar-refractivity contribution in [1.29, 1.82) is 0 Å². The van der Waals surface area contributed by atoms with Gasteiger partial charge in [-0.25, -0.2) is 0 Å². The van der Waals surface area contributed by atoms with Gasteiger partial charge in [0.05, 0.1) is 12.0 Å². The van der Waals surface area contributed by atoms with Gasteiger partial charge in [-0.1, -0.05) is 48.5 Å². The van der Waals surface area contributed by atoms with Crippen molar-refractivity contribution in [2.75, 3.05) is 19.6 Å². The number of nitrogens with one attached hydrogen (secondary N) is 1. The molecule has 6 heteroatoms. The second kappa shape index (κ2) is 9.55. The van der Waals surface area contributed by atoms with Gasteiger partial charge in [-0.05, 0) is 42.9 Å². The van der Waals surface area contributed by atoms with Crippen molar-refractivity contribution < 1.29 is 14.4 Å². The Labute approximate surface area is 189 Å². The third-order valence-corrected chi connectivity index (χ3v) is 6.83. The van der Waals surface area contributed by atoms with E-state index >= 15 is 0 Å². The summed E-state index contributed by atoms with van der Waals surface area (Å²) in [7, 11) is 0. The SMILES string of the molecule is CC(=O)N1CCC(CC(=O)NCCCc2ccccc2)(N2Cc3ccccc3C2=O)CC1. The number of rotatable bonds is 7. The molecule has 1 fully saturated rings. The number of fused-ring (bicyclic) bond motifs is 1. The molecule has 2 aromatic rings. The lowest BCUT2D eigenvalue weighted by Gasteiger charge is -2.47. The first kappa shape index (κ1) is 22.1. The minimum Gasteiger partial charge on any atom is -0.356 e. The fraction of sp³-hybridized carbons (Fsp3) is 0.423. The molecule has 0 spiro atoms. The fourth-order valence-electron chi connectivity index (χ4n) is 4.94. The predicted octanol–water partition coefficient (Wildman–Crippen LogP) is 3.16. The summed E-state index contributed by atoms with van der Waals surface area (Å²) in [4.78, 5) is 41.7. The zero-order valence-electron chi connectivity index (χ0n) is 18.7. The molecule has 0 bridgehead atoms. The van der Waals surface area contributed by atoms with Gasteiger partial charge in [-0.3, -0.25) is 14.4 Å². The third-order valence-electron chi connectivity index (χ3n) is 6.83. The molecule has 168 valence electrons. The van der Waals surface area contributed by atoms with Gasteiger partial charge in [0.15, 0.2) is 0 Å². The summed E-state index contributed by atoms with van der Waals surface area (Å²) in [5.74, 6) is 0.00634. The van der Waals surface area contributed by atoms with E-state index < -0.39 is 5.54 Å². The van der Waals surface area contributed by atoms with Crippen LogP contribution in [0.1, 0.15) is 54.1 Å². The van der Waals surface area contributed by atoms with Crippen molar-refractivity contribution in [3.8, 4) is 0 Å². The number of hydrogen-bond donors (Lipinski definition) is 1. The number of carbonyl (C=O) groups excluding carboxylic acids is 3. The van der Waals surface area contributed by atoms with Gasteiger partial charge in [0.25, 0.3) is 5.91 Å². The average molecular weight is 434 g/mol. The molecule has 0 atom stereocenters. The number of likely N-dealkylation sites (tertiary alicyclic amines) is 1. The summed E-state index contributed by atoms with van der Waals surface area (Å²) >= 11 is 0. The van der Waals surface area contributed by atoms with Gasteiger partial charge in [0, 0.05) is 38.7 Å². The molecule has 0 saturated carbocycles. The molecular weight excluding hydrogens is 402 g/mol. The van der Waals surface area contributed by atoms with E-state index in [1.54, 1.807) is 6.92 Å². The van der Waals surface area contributed by atoms with Crippen molar-refractivity contribution in [2.45, 2.75) is 51.1 Å². The van der Waals surface area contributed by atoms with Gasteiger partial charge < -0.3 is 15.1 Å². The van der Waals surface area contributed by atoms with Gasteiger partial charge in [-0.15, -0.1) is 0 Å². The second-order valence-electron chi connectivity index (χ2n) is 8.89. The molecule has 3 amide bonds. The first-order valence-electron chi connectivity index (χ1n) is 11.4. The van der Waals surface area contributed by atoms with Crippen LogP contribution < -0.4 is 5.32 Å². The first-order valence-corrected chi connectivity index (χ1v) is 11.4. The molecule has 2 aliphatic heterocycles. The highest BCUT2D eigenvalue weighted by molar-refractivity contribution is 5.99. The van der Waals surface area contributed by atoms with Crippen LogP contribution in [0, 0.1) is 0 Å². The van der Waals surface area contributed by atoms with Gasteiger partial charge in [-0.2, -0.15) is 0 Å². The lowest BCUT2D eigenvalue weighted by Crippen LogP contribution is -2.58. The summed E-state index contributed by atoms with van der Waals surface area (Å²) in [6.07, 6.45) is 3.28. The van der Waals surface area contributed by atoms with Crippen molar-refractivity contribution in [2.24, 2.45) is 0 Å². The van der Waals surface area contributed by atoms with Crippen molar-refractivity contribution in [3.05, 3.63) is 71.3 Å². The van der Waals surface area contributed by atoms with Crippen molar-refractivity contribution in [1.82, 2.24) is 15.1 Å². The molecule has 32 heavy (non-hydrogen) atoms. The van der Waals surface area contributed by atoms with Crippen LogP contribution in [-0.4, -0.2) is 52.7 Å². The molecule has 0 aromatic heterocycles. The quantitative estimate of drug-likeness (QED) is 0.682. The van der Waals surface area contributed by atoms with Crippen LogP contribution in [-0.2, 0) is 22.6 Å². The number of hydrogen-bond acceptors (Lipinski definition) is 3. The van der Waals surface area contributed by atoms with E-state index in [1.165, 1.54) is 5.56 Å². The lowest BCUT2D eigenvalue weighted by atomic mass is 9.82. The number of benzene rings is 2. The van der Waals surface area contributed by atoms with Gasteiger partial charge in [0.2, 0.25) is 11.8 Å². The molecule has 0 unspecified atom stereocenters. The van der Waals surface area contributed by atoms with E-state index in [0.717, 1.165) is 24.0 Å². The van der Waals surface area contributed by atoms with Crippen molar-refractivity contribution in [3.63, 3.8) is 0 Å². The van der Waals surface area contributed by atoms with E-state index in [-0.39, 0.29) is 24.1 Å². The molecule has 1 saturated heterocycles. The van der Waals surface area contributed by atoms with E-state index in [2.05, 4.69) is 17.4 Å². The van der Waals surface area contributed by atoms with Crippen LogP contribution in [0.15, 0.2) is 54.6 Å². The molecular formula is C26H31N3O3. The van der Waals surface area contributed by atoms with Crippen LogP contribution in [0.2, 0.25) is 0 Å². The van der Waals surface area contributed by atoms with Crippen LogP contribution in [0.25, 0.3) is 0 Å². The lowest BCUT2D eigenvalue weighted by molar-refractivity contribution is -0.132. The highest BCUT2D eigenvalue weighted by atomic mass is 16.2. The van der Waals surface area contributed by atoms with E-state index in [1.807, 2.05) is 52.3 Å². The highest BCUT2D eigenvalue weighted by Gasteiger charge is 2.47. The maximum atomic E-state index is 13.2. The molecule has 6 nitrogen and oxygen atoms in total. The molecule has 2 aromatic carbocycles. The maximum Gasteiger partial charge on any atom is 0.254 e. The summed E-state index contributed by atoms with van der Waals surface area (Å²) in [6.45, 7) is 3.84. The molecule has 0 aliphatic carbocycles. The molecule has 0 radical (unpaired) electrons. The summed E-state index contributed by atoms with van der Waals surface area (Å²) in [5, 5.41) is 3.06. The van der Waals surface area contributed by atoms with Crippen LogP contribution in [0.3, 0.4) is 0 Å². The van der Waals surface area contributed by atoms with Crippen LogP contribution in [0.5, 0.6) is 0 Å². The standard InChI is InChI=1S/C26H31N3O3/c1-20(30)28-16-13-26(14-17-28,29-19-22-11-5-6-12-23(22)25(29)32)18-24(31)27-15-7-10-21-8-3-2-4-9-21/h2-6,8-9,11-12H,7,10,13-19H2,1H3,(H,27,31). The number of amides is 3. The Morgan fingerprint density at radius 3 is 2.38 bits per heavy atom. The van der Waals surface area contributed by atoms with E-state index in [0.29, 0.717) is 39.0 Å². The minimum absolute atomic E-state index is 0.00578. The maximum absolute atomic E-state index is 13.2. The van der Waals surface area contributed by atoms with Crippen molar-refractivity contribution >= 4 is 17.7 Å². The monoisotopic (exact) mass is 433 g/mol. The van der Waals surface area contributed by atoms with Gasteiger partial charge in [0.1, 0.15) is 0 Å². The second-order valence-corrected chi connectivity index (χ2v) is 8.89. The highest BCUT2D eigenvalue weighted by Crippen LogP contribution is 2.38. The summed E-state index contributed by atoms with van der Waals surface area (Å²) in [6, 6.07) is 17.9. The minimum atomic E-state index is -0.564. The topological polar surface area (TPSA) is 69.7 Å². The number of piperidine rings is 1. The predicted molar refractivity (Wildman–Crippen MR) is 123 cm³/mol. The fourth-order valence-corrected chi connectivity index (χ4v) is 4.94. The van der Waals surface area contributed by atoms with E-state index in [4.69, 9.17) is 0 Å². The number of aryl methyl sites for hydroxylation is 1. The Bertz CT molecular complexity index is 981. The molecule has 2 heterocycles. The summed E-state index contributed by atoms with van der Waals surface area (Å²) < 4.78 is 0. The Balaban J connectivity index is 1.41. The Morgan fingerprint density at radius 2 is 1.69 bits per heavy atom. The first-order chi connectivity index (χ1) is 15.5. The molecule has 2 aliphatic rings. The normalized spacial score (nSPS) is 17.2. The van der Waals surface area contributed by atoms with Crippen LogP contribution >= 0.6 is 0 Å².